The lowest BCUT2D eigenvalue weighted by Crippen LogP contribution is -2.45. The molecule has 2 aromatic heterocycles. The van der Waals surface area contributed by atoms with Crippen molar-refractivity contribution in [3.63, 3.8) is 0 Å². The first-order valence-electron chi connectivity index (χ1n) is 9.34. The first kappa shape index (κ1) is 21.2. The number of nitriles is 1. The summed E-state index contributed by atoms with van der Waals surface area (Å²) in [5.41, 5.74) is 4.31. The molecule has 1 amide bonds. The van der Waals surface area contributed by atoms with E-state index < -0.39 is 46.5 Å². The highest BCUT2D eigenvalue weighted by molar-refractivity contribution is 7.91. The second-order valence-corrected chi connectivity index (χ2v) is 9.62. The van der Waals surface area contributed by atoms with Crippen LogP contribution >= 0.6 is 0 Å². The molecular formula is C17H20N6O7S. The Morgan fingerprint density at radius 3 is 2.77 bits per heavy atom. The van der Waals surface area contributed by atoms with Gasteiger partial charge in [-0.15, -0.1) is 0 Å². The summed E-state index contributed by atoms with van der Waals surface area (Å²) in [4.78, 5) is 17.3. The van der Waals surface area contributed by atoms with Crippen LogP contribution in [0.1, 0.15) is 5.69 Å². The lowest BCUT2D eigenvalue weighted by Gasteiger charge is -2.27. The van der Waals surface area contributed by atoms with Gasteiger partial charge in [0.05, 0.1) is 17.2 Å². The molecule has 4 heterocycles. The largest absolute Gasteiger partial charge is 0.447 e. The van der Waals surface area contributed by atoms with E-state index in [1.54, 1.807) is 6.07 Å². The Morgan fingerprint density at radius 1 is 1.39 bits per heavy atom. The van der Waals surface area contributed by atoms with E-state index in [-0.39, 0.29) is 36.1 Å². The monoisotopic (exact) mass is 452 g/mol. The van der Waals surface area contributed by atoms with Gasteiger partial charge in [-0.1, -0.05) is 0 Å². The number of fused-ring (bicyclic) bond motifs is 1. The summed E-state index contributed by atoms with van der Waals surface area (Å²) in [6, 6.07) is 4.91. The van der Waals surface area contributed by atoms with Gasteiger partial charge < -0.3 is 30.3 Å². The molecule has 2 saturated heterocycles. The van der Waals surface area contributed by atoms with E-state index in [4.69, 9.17) is 15.2 Å². The molecule has 0 bridgehead atoms. The summed E-state index contributed by atoms with van der Waals surface area (Å²) in [7, 11) is -3.17. The van der Waals surface area contributed by atoms with Crippen LogP contribution in [0.3, 0.4) is 0 Å². The van der Waals surface area contributed by atoms with E-state index in [1.807, 2.05) is 6.07 Å². The van der Waals surface area contributed by atoms with Crippen molar-refractivity contribution in [2.24, 2.45) is 0 Å². The number of amides is 1. The second kappa shape index (κ2) is 7.61. The molecule has 0 spiro atoms. The molecule has 2 aromatic rings. The molecule has 0 aliphatic carbocycles. The number of nitrogens with two attached hydrogens (primary N) is 1. The number of hydrogen-bond acceptors (Lipinski definition) is 11. The number of hydrogen-bond donors (Lipinski definition) is 3. The number of ether oxygens (including phenoxy) is 2. The van der Waals surface area contributed by atoms with Crippen molar-refractivity contribution in [2.45, 2.75) is 23.9 Å². The highest BCUT2D eigenvalue weighted by Crippen LogP contribution is 2.40. The Hall–Kier alpha value is -2.99. The first-order chi connectivity index (χ1) is 14.7. The third kappa shape index (κ3) is 3.55. The Balaban J connectivity index is 1.51. The van der Waals surface area contributed by atoms with Crippen molar-refractivity contribution < 1.29 is 32.9 Å². The van der Waals surface area contributed by atoms with E-state index in [0.29, 0.717) is 5.52 Å². The van der Waals surface area contributed by atoms with Gasteiger partial charge in [-0.25, -0.2) is 22.7 Å². The molecule has 14 heteroatoms. The molecule has 2 fully saturated rings. The summed E-state index contributed by atoms with van der Waals surface area (Å²) in [6.07, 6.45) is -4.03. The van der Waals surface area contributed by atoms with Gasteiger partial charge in [-0.05, 0) is 12.1 Å². The van der Waals surface area contributed by atoms with Crippen LogP contribution in [-0.2, 0) is 24.9 Å². The molecule has 4 atom stereocenters. The van der Waals surface area contributed by atoms with Gasteiger partial charge in [-0.3, -0.25) is 0 Å². The summed E-state index contributed by atoms with van der Waals surface area (Å²) in [5, 5.41) is 35.0. The lowest BCUT2D eigenvalue weighted by molar-refractivity contribution is -0.0680. The minimum atomic E-state index is -3.17. The maximum atomic E-state index is 12.2. The van der Waals surface area contributed by atoms with Crippen molar-refractivity contribution in [1.29, 1.82) is 5.26 Å². The number of carbonyl (C=O) groups is 1. The van der Waals surface area contributed by atoms with Gasteiger partial charge in [0.15, 0.2) is 15.7 Å². The summed E-state index contributed by atoms with van der Waals surface area (Å²) in [6.45, 7) is -0.460. The molecule has 2 aliphatic rings. The van der Waals surface area contributed by atoms with Crippen LogP contribution in [-0.4, -0.2) is 93.7 Å². The minimum absolute atomic E-state index is 0.00270. The van der Waals surface area contributed by atoms with Gasteiger partial charge >= 0.3 is 6.09 Å². The number of nitrogens with zero attached hydrogens (tertiary/aromatic N) is 5. The lowest BCUT2D eigenvalue weighted by atomic mass is 9.92. The Morgan fingerprint density at radius 2 is 2.10 bits per heavy atom. The zero-order valence-electron chi connectivity index (χ0n) is 16.2. The third-order valence-electron chi connectivity index (χ3n) is 5.46. The maximum absolute atomic E-state index is 12.2. The van der Waals surface area contributed by atoms with E-state index in [0.717, 1.165) is 0 Å². The number of aromatic nitrogens is 3. The van der Waals surface area contributed by atoms with Crippen LogP contribution in [0.25, 0.3) is 5.52 Å². The summed E-state index contributed by atoms with van der Waals surface area (Å²) < 4.78 is 35.1. The number of aliphatic hydroxyl groups excluding tert-OH is 2. The molecule has 13 nitrogen and oxygen atoms in total. The van der Waals surface area contributed by atoms with Crippen LogP contribution in [0.15, 0.2) is 18.5 Å². The minimum Gasteiger partial charge on any atom is -0.447 e. The van der Waals surface area contributed by atoms with Crippen LogP contribution in [0, 0.1) is 11.3 Å². The molecular weight excluding hydrogens is 432 g/mol. The van der Waals surface area contributed by atoms with E-state index in [9.17, 15) is 28.7 Å². The molecule has 0 unspecified atom stereocenters. The number of carbonyl (C=O) groups excluding carboxylic acids is 1. The molecule has 4 N–H and O–H groups in total. The van der Waals surface area contributed by atoms with E-state index >= 15 is 0 Å². The molecule has 0 radical (unpaired) electrons. The maximum Gasteiger partial charge on any atom is 0.409 e. The normalized spacial score (nSPS) is 30.2. The Kier molecular flexibility index (Phi) is 5.21. The van der Waals surface area contributed by atoms with Crippen molar-refractivity contribution in [3.8, 4) is 6.07 Å². The number of anilines is 1. The SMILES string of the molecule is N#C[C@@]1(c2ccc3c(N)ncnn23)O[C@H](COC(=O)N2CCS(=O)(=O)CC2)[C@@H](O)[C@H]1O. The van der Waals surface area contributed by atoms with Crippen LogP contribution < -0.4 is 5.73 Å². The smallest absolute Gasteiger partial charge is 0.409 e. The van der Waals surface area contributed by atoms with Crippen LogP contribution in [0.4, 0.5) is 10.6 Å². The van der Waals surface area contributed by atoms with Gasteiger partial charge in [0.1, 0.15) is 42.8 Å². The van der Waals surface area contributed by atoms with Gasteiger partial charge in [0.2, 0.25) is 5.60 Å². The molecule has 31 heavy (non-hydrogen) atoms. The number of sulfone groups is 1. The molecule has 0 aromatic carbocycles. The Labute approximate surface area is 176 Å². The highest BCUT2D eigenvalue weighted by Gasteiger charge is 2.57. The fourth-order valence-electron chi connectivity index (χ4n) is 3.69. The fourth-order valence-corrected chi connectivity index (χ4v) is 4.89. The van der Waals surface area contributed by atoms with Crippen molar-refractivity contribution >= 4 is 27.3 Å². The van der Waals surface area contributed by atoms with Crippen LogP contribution in [0.5, 0.6) is 0 Å². The number of aliphatic hydroxyl groups is 2. The van der Waals surface area contributed by atoms with Gasteiger partial charge in [0.25, 0.3) is 0 Å². The van der Waals surface area contributed by atoms with E-state index in [2.05, 4.69) is 10.1 Å². The van der Waals surface area contributed by atoms with Crippen molar-refractivity contribution in [3.05, 3.63) is 24.2 Å². The number of nitrogen functional groups attached to an aromatic ring is 1. The predicted octanol–water partition coefficient (Wildman–Crippen LogP) is -1.98. The van der Waals surface area contributed by atoms with E-state index in [1.165, 1.54) is 21.8 Å². The average molecular weight is 452 g/mol. The van der Waals surface area contributed by atoms with Gasteiger partial charge in [0, 0.05) is 13.1 Å². The summed E-state index contributed by atoms with van der Waals surface area (Å²) in [5.74, 6) is -0.170. The first-order valence-corrected chi connectivity index (χ1v) is 11.2. The van der Waals surface area contributed by atoms with Crippen molar-refractivity contribution in [1.82, 2.24) is 19.5 Å². The second-order valence-electron chi connectivity index (χ2n) is 7.32. The molecule has 4 rings (SSSR count). The topological polar surface area (TPSA) is 193 Å². The summed E-state index contributed by atoms with van der Waals surface area (Å²) >= 11 is 0. The standard InChI is InChI=1S/C17H20N6O7S/c18-8-17(12-2-1-10-15(19)20-9-21-23(10)12)14(25)13(24)11(30-17)7-29-16(26)22-3-5-31(27,28)6-4-22/h1-2,9,11,13-14,24-25H,3-7H2,(H2,19,20,21)/t11-,13-,14-,17+/m1/s1. The fraction of sp³-hybridized carbons (Fsp3) is 0.529. The third-order valence-corrected chi connectivity index (χ3v) is 7.07. The zero-order chi connectivity index (χ0) is 22.4. The average Bonchev–Trinajstić information content (AvgIpc) is 3.28. The molecule has 0 saturated carbocycles. The quantitative estimate of drug-likeness (QED) is 0.467. The Bertz CT molecular complexity index is 1150. The van der Waals surface area contributed by atoms with Crippen molar-refractivity contribution in [2.75, 3.05) is 36.9 Å². The van der Waals surface area contributed by atoms with Gasteiger partial charge in [-0.2, -0.15) is 10.4 Å². The predicted molar refractivity (Wildman–Crippen MR) is 103 cm³/mol. The highest BCUT2D eigenvalue weighted by atomic mass is 32.2. The van der Waals surface area contributed by atoms with Crippen LogP contribution in [0.2, 0.25) is 0 Å². The molecule has 166 valence electrons. The number of rotatable bonds is 3. The zero-order valence-corrected chi connectivity index (χ0v) is 17.0. The molecule has 2 aliphatic heterocycles.